The maximum Gasteiger partial charge on any atom is 0.329 e. The molecule has 0 unspecified atom stereocenters. The molecule has 0 fully saturated rings. The zero-order valence-corrected chi connectivity index (χ0v) is 8.94. The molecule has 0 radical (unpaired) electrons. The van der Waals surface area contributed by atoms with Crippen LogP contribution >= 0.6 is 11.6 Å². The average Bonchev–Trinajstić information content (AvgIpc) is 2.25. The summed E-state index contributed by atoms with van der Waals surface area (Å²) in [7, 11) is 0. The highest BCUT2D eigenvalue weighted by Crippen LogP contribution is 1.98. The van der Waals surface area contributed by atoms with Crippen molar-refractivity contribution in [3.8, 4) is 0 Å². The van der Waals surface area contributed by atoms with Crippen LogP contribution in [0.4, 0.5) is 0 Å². The van der Waals surface area contributed by atoms with Crippen LogP contribution in [-0.4, -0.2) is 14.5 Å². The molecule has 2 heterocycles. The number of pyridine rings is 1. The highest BCUT2D eigenvalue weighted by molar-refractivity contribution is 6.29. The maximum atomic E-state index is 11.5. The van der Waals surface area contributed by atoms with Gasteiger partial charge in [0.05, 0.1) is 6.54 Å². The van der Waals surface area contributed by atoms with Crippen LogP contribution in [0.5, 0.6) is 0 Å². The fourth-order valence-electron chi connectivity index (χ4n) is 1.31. The van der Waals surface area contributed by atoms with Crippen LogP contribution < -0.4 is 11.2 Å². The lowest BCUT2D eigenvalue weighted by atomic mass is 10.3. The van der Waals surface area contributed by atoms with E-state index in [0.717, 1.165) is 10.1 Å². The number of halogens is 1. The van der Waals surface area contributed by atoms with Crippen molar-refractivity contribution < 1.29 is 0 Å². The Kier molecular flexibility index (Phi) is 2.87. The largest absolute Gasteiger partial charge is 0.329 e. The quantitative estimate of drug-likeness (QED) is 0.779. The van der Waals surface area contributed by atoms with Crippen LogP contribution in [0.2, 0.25) is 5.15 Å². The van der Waals surface area contributed by atoms with Gasteiger partial charge >= 0.3 is 5.69 Å². The Morgan fingerprint density at radius 2 is 2.00 bits per heavy atom. The number of aromatic amines is 1. The molecule has 6 heteroatoms. The van der Waals surface area contributed by atoms with Gasteiger partial charge in [0.15, 0.2) is 0 Å². The summed E-state index contributed by atoms with van der Waals surface area (Å²) in [6, 6.07) is 4.64. The van der Waals surface area contributed by atoms with Crippen molar-refractivity contribution in [2.45, 2.75) is 6.54 Å². The van der Waals surface area contributed by atoms with Crippen molar-refractivity contribution >= 4 is 11.6 Å². The van der Waals surface area contributed by atoms with E-state index < -0.39 is 11.2 Å². The first-order chi connectivity index (χ1) is 7.66. The van der Waals surface area contributed by atoms with E-state index in [4.69, 9.17) is 11.6 Å². The molecule has 0 aliphatic heterocycles. The lowest BCUT2D eigenvalue weighted by molar-refractivity contribution is 0.698. The standard InChI is InChI=1S/C10H8ClN3O2/c11-8-5-9(15)14(10(16)13-8)6-7-1-3-12-4-2-7/h1-5H,6H2,(H,13,16). The highest BCUT2D eigenvalue weighted by Gasteiger charge is 2.03. The molecule has 0 aromatic carbocycles. The fraction of sp³-hybridized carbons (Fsp3) is 0.100. The topological polar surface area (TPSA) is 67.8 Å². The Hall–Kier alpha value is -1.88. The molecule has 5 nitrogen and oxygen atoms in total. The van der Waals surface area contributed by atoms with E-state index in [9.17, 15) is 9.59 Å². The first-order valence-electron chi connectivity index (χ1n) is 4.55. The molecule has 1 N–H and O–H groups in total. The van der Waals surface area contributed by atoms with Crippen molar-refractivity contribution in [1.29, 1.82) is 0 Å². The smallest absolute Gasteiger partial charge is 0.298 e. The average molecular weight is 238 g/mol. The third-order valence-electron chi connectivity index (χ3n) is 2.08. The number of hydrogen-bond donors (Lipinski definition) is 1. The number of H-pyrrole nitrogens is 1. The van der Waals surface area contributed by atoms with Gasteiger partial charge in [0.25, 0.3) is 5.56 Å². The van der Waals surface area contributed by atoms with Gasteiger partial charge in [0.2, 0.25) is 0 Å². The molecule has 0 aliphatic rings. The third kappa shape index (κ3) is 2.20. The van der Waals surface area contributed by atoms with Crippen LogP contribution in [0.15, 0.2) is 40.2 Å². The van der Waals surface area contributed by atoms with Crippen LogP contribution in [-0.2, 0) is 6.54 Å². The molecule has 0 saturated carbocycles. The Bertz CT molecular complexity index is 572. The SMILES string of the molecule is O=c1cc(Cl)[nH]c(=O)n1Cc1ccncc1. The summed E-state index contributed by atoms with van der Waals surface area (Å²) in [5.41, 5.74) is -0.121. The van der Waals surface area contributed by atoms with Crippen molar-refractivity contribution in [1.82, 2.24) is 14.5 Å². The number of nitrogens with zero attached hydrogens (tertiary/aromatic N) is 2. The Morgan fingerprint density at radius 3 is 2.62 bits per heavy atom. The summed E-state index contributed by atoms with van der Waals surface area (Å²) >= 11 is 5.55. The minimum atomic E-state index is -0.519. The molecule has 2 aromatic rings. The van der Waals surface area contributed by atoms with Gasteiger partial charge < -0.3 is 0 Å². The third-order valence-corrected chi connectivity index (χ3v) is 2.28. The minimum Gasteiger partial charge on any atom is -0.298 e. The van der Waals surface area contributed by atoms with Crippen molar-refractivity contribution in [3.63, 3.8) is 0 Å². The molecule has 0 aliphatic carbocycles. The fourth-order valence-corrected chi connectivity index (χ4v) is 1.49. The van der Waals surface area contributed by atoms with Crippen LogP contribution in [0.1, 0.15) is 5.56 Å². The van der Waals surface area contributed by atoms with Gasteiger partial charge in [-0.15, -0.1) is 0 Å². The molecule has 2 aromatic heterocycles. The molecule has 0 saturated heterocycles. The van der Waals surface area contributed by atoms with Crippen LogP contribution in [0.25, 0.3) is 0 Å². The Balaban J connectivity index is 2.44. The van der Waals surface area contributed by atoms with Gasteiger partial charge in [0.1, 0.15) is 5.15 Å². The van der Waals surface area contributed by atoms with Gasteiger partial charge in [-0.3, -0.25) is 19.3 Å². The van der Waals surface area contributed by atoms with Crippen LogP contribution in [0.3, 0.4) is 0 Å². The van der Waals surface area contributed by atoms with Gasteiger partial charge in [-0.25, -0.2) is 4.79 Å². The van der Waals surface area contributed by atoms with Crippen molar-refractivity contribution in [3.05, 3.63) is 62.1 Å². The molecular formula is C10H8ClN3O2. The van der Waals surface area contributed by atoms with Gasteiger partial charge in [-0.05, 0) is 17.7 Å². The van der Waals surface area contributed by atoms with Gasteiger partial charge in [-0.2, -0.15) is 0 Å². The highest BCUT2D eigenvalue weighted by atomic mass is 35.5. The van der Waals surface area contributed by atoms with E-state index in [-0.39, 0.29) is 11.7 Å². The Morgan fingerprint density at radius 1 is 1.31 bits per heavy atom. The summed E-state index contributed by atoms with van der Waals surface area (Å²) in [6.45, 7) is 0.202. The molecule has 0 amide bonds. The van der Waals surface area contributed by atoms with E-state index in [1.807, 2.05) is 0 Å². The summed E-state index contributed by atoms with van der Waals surface area (Å²) in [4.78, 5) is 29.2. The normalized spacial score (nSPS) is 10.3. The Labute approximate surface area is 95.3 Å². The van der Waals surface area contributed by atoms with Crippen LogP contribution in [0, 0.1) is 0 Å². The lowest BCUT2D eigenvalue weighted by Gasteiger charge is -2.03. The van der Waals surface area contributed by atoms with E-state index in [1.165, 1.54) is 6.07 Å². The number of aromatic nitrogens is 3. The van der Waals surface area contributed by atoms with E-state index in [0.29, 0.717) is 0 Å². The van der Waals surface area contributed by atoms with E-state index in [2.05, 4.69) is 9.97 Å². The first kappa shape index (κ1) is 10.6. The molecule has 16 heavy (non-hydrogen) atoms. The number of hydrogen-bond acceptors (Lipinski definition) is 3. The monoisotopic (exact) mass is 237 g/mol. The molecule has 2 rings (SSSR count). The van der Waals surface area contributed by atoms with Crippen molar-refractivity contribution in [2.75, 3.05) is 0 Å². The molecule has 0 spiro atoms. The zero-order chi connectivity index (χ0) is 11.5. The maximum absolute atomic E-state index is 11.5. The second-order valence-electron chi connectivity index (χ2n) is 3.20. The second kappa shape index (κ2) is 4.32. The van der Waals surface area contributed by atoms with Crippen molar-refractivity contribution in [2.24, 2.45) is 0 Å². The molecule has 0 bridgehead atoms. The van der Waals surface area contributed by atoms with E-state index >= 15 is 0 Å². The molecule has 0 atom stereocenters. The minimum absolute atomic E-state index is 0.0426. The predicted octanol–water partition coefficient (Wildman–Crippen LogP) is 0.633. The second-order valence-corrected chi connectivity index (χ2v) is 3.61. The number of rotatable bonds is 2. The summed E-state index contributed by atoms with van der Waals surface area (Å²) in [6.07, 6.45) is 3.20. The summed E-state index contributed by atoms with van der Waals surface area (Å²) in [5, 5.41) is 0.0426. The lowest BCUT2D eigenvalue weighted by Crippen LogP contribution is -2.34. The number of nitrogens with one attached hydrogen (secondary N) is 1. The molecule has 82 valence electrons. The summed E-state index contributed by atoms with van der Waals surface area (Å²) in [5.74, 6) is 0. The van der Waals surface area contributed by atoms with E-state index in [1.54, 1.807) is 24.5 Å². The molecular weight excluding hydrogens is 230 g/mol. The first-order valence-corrected chi connectivity index (χ1v) is 4.93. The van der Waals surface area contributed by atoms with Gasteiger partial charge in [-0.1, -0.05) is 11.6 Å². The predicted molar refractivity (Wildman–Crippen MR) is 59.7 cm³/mol. The van der Waals surface area contributed by atoms with Gasteiger partial charge in [0, 0.05) is 18.5 Å². The zero-order valence-electron chi connectivity index (χ0n) is 8.18. The summed E-state index contributed by atoms with van der Waals surface area (Å²) < 4.78 is 1.07.